The molecule has 0 bridgehead atoms. The highest BCUT2D eigenvalue weighted by atomic mass is 127. The Hall–Kier alpha value is -1.28. The summed E-state index contributed by atoms with van der Waals surface area (Å²) in [5, 5.41) is 0.222. The van der Waals surface area contributed by atoms with Gasteiger partial charge < -0.3 is 9.47 Å². The summed E-state index contributed by atoms with van der Waals surface area (Å²) in [6.45, 7) is 3.21. The minimum atomic E-state index is -0.169. The molecule has 1 heterocycles. The molecular formula is C14H14ClIN2O3. The van der Waals surface area contributed by atoms with Crippen LogP contribution in [0.4, 0.5) is 0 Å². The minimum absolute atomic E-state index is 0.169. The van der Waals surface area contributed by atoms with Gasteiger partial charge in [-0.15, -0.1) is 0 Å². The third-order valence-corrected chi connectivity index (χ3v) is 4.26. The van der Waals surface area contributed by atoms with Crippen molar-refractivity contribution in [1.82, 2.24) is 9.55 Å². The first-order valence-corrected chi connectivity index (χ1v) is 7.84. The molecule has 0 amide bonds. The van der Waals surface area contributed by atoms with E-state index < -0.39 is 0 Å². The third kappa shape index (κ3) is 4.10. The van der Waals surface area contributed by atoms with Crippen molar-refractivity contribution in [2.75, 3.05) is 13.2 Å². The van der Waals surface area contributed by atoms with E-state index in [0.29, 0.717) is 34.8 Å². The van der Waals surface area contributed by atoms with E-state index in [4.69, 9.17) is 21.1 Å². The Balaban J connectivity index is 2.02. The van der Waals surface area contributed by atoms with E-state index in [2.05, 4.69) is 4.98 Å². The van der Waals surface area contributed by atoms with Gasteiger partial charge in [0.2, 0.25) is 0 Å². The van der Waals surface area contributed by atoms with Crippen LogP contribution in [0.5, 0.6) is 11.5 Å². The van der Waals surface area contributed by atoms with Crippen molar-refractivity contribution < 1.29 is 9.47 Å². The zero-order valence-electron chi connectivity index (χ0n) is 11.4. The molecule has 1 aromatic carbocycles. The van der Waals surface area contributed by atoms with Gasteiger partial charge in [-0.05, 0) is 41.6 Å². The number of hydrogen-bond donors (Lipinski definition) is 0. The highest BCUT2D eigenvalue weighted by molar-refractivity contribution is 14.1. The number of halogens is 2. The molecule has 0 aliphatic carbocycles. The SMILES string of the molecule is CCOc1ccccc1OCCn1cnc(Cl)c(I)c1=O. The molecule has 0 unspecified atom stereocenters. The average Bonchev–Trinajstić information content (AvgIpc) is 2.49. The topological polar surface area (TPSA) is 53.4 Å². The zero-order valence-corrected chi connectivity index (χ0v) is 14.3. The van der Waals surface area contributed by atoms with Crippen LogP contribution >= 0.6 is 34.2 Å². The maximum absolute atomic E-state index is 12.0. The standard InChI is InChI=1S/C14H14ClIN2O3/c1-2-20-10-5-3-4-6-11(10)21-8-7-18-9-17-13(15)12(16)14(18)19/h3-6,9H,2,7-8H2,1H3. The van der Waals surface area contributed by atoms with Crippen molar-refractivity contribution in [2.45, 2.75) is 13.5 Å². The van der Waals surface area contributed by atoms with Crippen LogP contribution in [-0.2, 0) is 6.54 Å². The summed E-state index contributed by atoms with van der Waals surface area (Å²) in [7, 11) is 0. The lowest BCUT2D eigenvalue weighted by Crippen LogP contribution is -2.25. The van der Waals surface area contributed by atoms with Gasteiger partial charge in [0.1, 0.15) is 15.3 Å². The lowest BCUT2D eigenvalue weighted by atomic mass is 10.3. The van der Waals surface area contributed by atoms with Crippen LogP contribution in [0.2, 0.25) is 5.15 Å². The Morgan fingerprint density at radius 2 is 1.95 bits per heavy atom. The second-order valence-electron chi connectivity index (χ2n) is 4.08. The molecule has 0 atom stereocenters. The van der Waals surface area contributed by atoms with E-state index in [1.165, 1.54) is 10.9 Å². The van der Waals surface area contributed by atoms with Gasteiger partial charge in [-0.2, -0.15) is 0 Å². The lowest BCUT2D eigenvalue weighted by molar-refractivity contribution is 0.265. The van der Waals surface area contributed by atoms with Crippen LogP contribution < -0.4 is 15.0 Å². The number of benzene rings is 1. The van der Waals surface area contributed by atoms with Gasteiger partial charge in [-0.3, -0.25) is 9.36 Å². The predicted molar refractivity (Wildman–Crippen MR) is 89.3 cm³/mol. The summed E-state index contributed by atoms with van der Waals surface area (Å²) in [6.07, 6.45) is 1.42. The molecule has 112 valence electrons. The first kappa shape index (κ1) is 16.1. The molecule has 0 saturated carbocycles. The number of para-hydroxylation sites is 2. The van der Waals surface area contributed by atoms with Gasteiger partial charge in [-0.25, -0.2) is 4.98 Å². The fraction of sp³-hybridized carbons (Fsp3) is 0.286. The third-order valence-electron chi connectivity index (χ3n) is 2.68. The maximum Gasteiger partial charge on any atom is 0.268 e. The molecule has 7 heteroatoms. The summed E-state index contributed by atoms with van der Waals surface area (Å²) in [4.78, 5) is 15.9. The van der Waals surface area contributed by atoms with Crippen LogP contribution in [0.15, 0.2) is 35.4 Å². The Morgan fingerprint density at radius 3 is 2.62 bits per heavy atom. The van der Waals surface area contributed by atoms with Gasteiger partial charge >= 0.3 is 0 Å². The number of rotatable bonds is 6. The lowest BCUT2D eigenvalue weighted by Gasteiger charge is -2.12. The van der Waals surface area contributed by atoms with E-state index in [9.17, 15) is 4.79 Å². The fourth-order valence-corrected chi connectivity index (χ4v) is 2.27. The highest BCUT2D eigenvalue weighted by Crippen LogP contribution is 2.26. The summed E-state index contributed by atoms with van der Waals surface area (Å²) in [5.74, 6) is 1.35. The van der Waals surface area contributed by atoms with E-state index in [-0.39, 0.29) is 10.7 Å². The Labute approximate surface area is 141 Å². The average molecular weight is 421 g/mol. The molecule has 0 saturated heterocycles. The monoisotopic (exact) mass is 420 g/mol. The van der Waals surface area contributed by atoms with Crippen molar-refractivity contribution in [3.63, 3.8) is 0 Å². The molecule has 1 aromatic heterocycles. The normalized spacial score (nSPS) is 10.4. The minimum Gasteiger partial charge on any atom is -0.490 e. The van der Waals surface area contributed by atoms with Crippen molar-refractivity contribution >= 4 is 34.2 Å². The molecular weight excluding hydrogens is 407 g/mol. The first-order chi connectivity index (χ1) is 10.1. The van der Waals surface area contributed by atoms with Crippen molar-refractivity contribution in [3.05, 3.63) is 49.7 Å². The summed E-state index contributed by atoms with van der Waals surface area (Å²) >= 11 is 7.68. The number of ether oxygens (including phenoxy) is 2. The van der Waals surface area contributed by atoms with Crippen molar-refractivity contribution in [1.29, 1.82) is 0 Å². The summed E-state index contributed by atoms with van der Waals surface area (Å²) in [6, 6.07) is 7.43. The van der Waals surface area contributed by atoms with E-state index in [0.717, 1.165) is 0 Å². The van der Waals surface area contributed by atoms with Gasteiger partial charge in [0.15, 0.2) is 11.5 Å². The molecule has 5 nitrogen and oxygen atoms in total. The van der Waals surface area contributed by atoms with Crippen LogP contribution in [0.1, 0.15) is 6.92 Å². The van der Waals surface area contributed by atoms with E-state index in [1.807, 2.05) is 53.8 Å². The highest BCUT2D eigenvalue weighted by Gasteiger charge is 2.08. The summed E-state index contributed by atoms with van der Waals surface area (Å²) in [5.41, 5.74) is -0.169. The molecule has 0 N–H and O–H groups in total. The van der Waals surface area contributed by atoms with Crippen LogP contribution in [0, 0.1) is 3.57 Å². The quantitative estimate of drug-likeness (QED) is 0.533. The van der Waals surface area contributed by atoms with E-state index in [1.54, 1.807) is 0 Å². The molecule has 2 aromatic rings. The molecule has 21 heavy (non-hydrogen) atoms. The molecule has 0 spiro atoms. The van der Waals surface area contributed by atoms with Gasteiger partial charge in [0, 0.05) is 0 Å². The number of hydrogen-bond acceptors (Lipinski definition) is 4. The second kappa shape index (κ2) is 7.65. The fourth-order valence-electron chi connectivity index (χ4n) is 1.70. The summed E-state index contributed by atoms with van der Waals surface area (Å²) < 4.78 is 13.0. The Bertz CT molecular complexity index is 676. The first-order valence-electron chi connectivity index (χ1n) is 6.38. The van der Waals surface area contributed by atoms with E-state index >= 15 is 0 Å². The number of nitrogens with zero attached hydrogens (tertiary/aromatic N) is 2. The van der Waals surface area contributed by atoms with Gasteiger partial charge in [0.05, 0.1) is 19.5 Å². The molecule has 0 fully saturated rings. The Kier molecular flexibility index (Phi) is 5.86. The maximum atomic E-state index is 12.0. The molecule has 0 aliphatic rings. The molecule has 0 radical (unpaired) electrons. The largest absolute Gasteiger partial charge is 0.490 e. The number of aromatic nitrogens is 2. The van der Waals surface area contributed by atoms with Gasteiger partial charge in [-0.1, -0.05) is 23.7 Å². The van der Waals surface area contributed by atoms with Crippen LogP contribution in [0.3, 0.4) is 0 Å². The van der Waals surface area contributed by atoms with Crippen molar-refractivity contribution in [3.8, 4) is 11.5 Å². The Morgan fingerprint density at radius 1 is 1.29 bits per heavy atom. The van der Waals surface area contributed by atoms with Crippen LogP contribution in [-0.4, -0.2) is 22.8 Å². The smallest absolute Gasteiger partial charge is 0.268 e. The molecule has 2 rings (SSSR count). The van der Waals surface area contributed by atoms with Crippen molar-refractivity contribution in [2.24, 2.45) is 0 Å². The second-order valence-corrected chi connectivity index (χ2v) is 5.51. The predicted octanol–water partition coefficient (Wildman–Crippen LogP) is 2.98. The van der Waals surface area contributed by atoms with Gasteiger partial charge in [0.25, 0.3) is 5.56 Å². The zero-order chi connectivity index (χ0) is 15.2. The molecule has 0 aliphatic heterocycles. The van der Waals surface area contributed by atoms with Crippen LogP contribution in [0.25, 0.3) is 0 Å².